The molecule has 0 aliphatic rings. The summed E-state index contributed by atoms with van der Waals surface area (Å²) in [4.78, 5) is 8.22. The van der Waals surface area contributed by atoms with E-state index in [4.69, 9.17) is 0 Å². The fourth-order valence-corrected chi connectivity index (χ4v) is 1.30. The average molecular weight is 211 g/mol. The second-order valence-electron chi connectivity index (χ2n) is 6.07. The Kier molecular flexibility index (Phi) is 4.65. The molecule has 2 atom stereocenters. The highest BCUT2D eigenvalue weighted by atomic mass is 15.2. The Morgan fingerprint density at radius 2 is 1.07 bits per heavy atom. The molecule has 0 aliphatic heterocycles. The molecule has 88 valence electrons. The molecular formula is C12H25N3. The van der Waals surface area contributed by atoms with Crippen LogP contribution in [0, 0.1) is 10.8 Å². The van der Waals surface area contributed by atoms with E-state index in [-0.39, 0.29) is 23.2 Å². The third-order valence-corrected chi connectivity index (χ3v) is 2.32. The van der Waals surface area contributed by atoms with Gasteiger partial charge in [-0.3, -0.25) is 15.3 Å². The molecule has 0 amide bonds. The molecule has 0 spiro atoms. The second-order valence-corrected chi connectivity index (χ2v) is 6.07. The SMILES string of the molecule is C=NC(NC(N=C)C(C)(C)C)C(C)(C)C. The normalized spacial score (nSPS) is 16.9. The fraction of sp³-hybridized carbons (Fsp3) is 0.833. The molecule has 0 bridgehead atoms. The van der Waals surface area contributed by atoms with Gasteiger partial charge in [0.1, 0.15) is 12.3 Å². The van der Waals surface area contributed by atoms with E-state index in [2.05, 4.69) is 70.3 Å². The van der Waals surface area contributed by atoms with Gasteiger partial charge in [-0.1, -0.05) is 41.5 Å². The van der Waals surface area contributed by atoms with Crippen molar-refractivity contribution in [3.8, 4) is 0 Å². The highest BCUT2D eigenvalue weighted by Gasteiger charge is 2.30. The van der Waals surface area contributed by atoms with Crippen LogP contribution in [0.4, 0.5) is 0 Å². The predicted octanol–water partition coefficient (Wildman–Crippen LogP) is 2.72. The van der Waals surface area contributed by atoms with E-state index in [1.807, 2.05) is 0 Å². The van der Waals surface area contributed by atoms with Crippen molar-refractivity contribution in [1.82, 2.24) is 5.32 Å². The zero-order valence-electron chi connectivity index (χ0n) is 11.0. The number of nitrogens with zero attached hydrogens (tertiary/aromatic N) is 2. The van der Waals surface area contributed by atoms with Crippen molar-refractivity contribution in [1.29, 1.82) is 0 Å². The Balaban J connectivity index is 4.67. The molecule has 0 aliphatic carbocycles. The molecule has 0 aromatic carbocycles. The lowest BCUT2D eigenvalue weighted by Gasteiger charge is -2.35. The van der Waals surface area contributed by atoms with Crippen LogP contribution in [0.1, 0.15) is 41.5 Å². The van der Waals surface area contributed by atoms with Gasteiger partial charge in [0.15, 0.2) is 0 Å². The molecule has 0 saturated carbocycles. The lowest BCUT2D eigenvalue weighted by molar-refractivity contribution is 0.193. The standard InChI is InChI=1S/C12H25N3/c1-11(2,3)9(13-7)15-10(14-8)12(4,5)6/h9-10,15H,7-8H2,1-6H3. The van der Waals surface area contributed by atoms with E-state index in [1.54, 1.807) is 0 Å². The fourth-order valence-electron chi connectivity index (χ4n) is 1.30. The Hall–Kier alpha value is -0.700. The van der Waals surface area contributed by atoms with Gasteiger partial charge in [-0.25, -0.2) is 0 Å². The van der Waals surface area contributed by atoms with Crippen molar-refractivity contribution in [2.75, 3.05) is 0 Å². The summed E-state index contributed by atoms with van der Waals surface area (Å²) < 4.78 is 0. The summed E-state index contributed by atoms with van der Waals surface area (Å²) in [6.45, 7) is 20.0. The number of nitrogens with one attached hydrogen (secondary N) is 1. The Morgan fingerprint density at radius 1 is 0.800 bits per heavy atom. The maximum atomic E-state index is 4.11. The summed E-state index contributed by atoms with van der Waals surface area (Å²) in [6.07, 6.45) is -0.0144. The molecule has 3 nitrogen and oxygen atoms in total. The average Bonchev–Trinajstić information content (AvgIpc) is 2.01. The maximum Gasteiger partial charge on any atom is 0.105 e. The molecule has 0 radical (unpaired) electrons. The van der Waals surface area contributed by atoms with Gasteiger partial charge in [0.05, 0.1) is 0 Å². The van der Waals surface area contributed by atoms with Crippen LogP contribution in [-0.2, 0) is 0 Å². The van der Waals surface area contributed by atoms with E-state index < -0.39 is 0 Å². The molecule has 0 aromatic rings. The molecule has 3 heteroatoms. The van der Waals surface area contributed by atoms with Crippen LogP contribution in [0.15, 0.2) is 9.98 Å². The van der Waals surface area contributed by atoms with Gasteiger partial charge in [-0.05, 0) is 24.3 Å². The van der Waals surface area contributed by atoms with Crippen molar-refractivity contribution in [3.63, 3.8) is 0 Å². The second kappa shape index (κ2) is 4.88. The van der Waals surface area contributed by atoms with Crippen LogP contribution in [0.2, 0.25) is 0 Å². The predicted molar refractivity (Wildman–Crippen MR) is 68.7 cm³/mol. The Labute approximate surface area is 94.1 Å². The summed E-state index contributed by atoms with van der Waals surface area (Å²) in [5.41, 5.74) is 0.0753. The minimum atomic E-state index is -0.00720. The van der Waals surface area contributed by atoms with E-state index in [9.17, 15) is 0 Å². The lowest BCUT2D eigenvalue weighted by atomic mass is 9.88. The quantitative estimate of drug-likeness (QED) is 0.713. The van der Waals surface area contributed by atoms with Gasteiger partial charge < -0.3 is 0 Å². The van der Waals surface area contributed by atoms with Crippen molar-refractivity contribution in [2.24, 2.45) is 20.8 Å². The summed E-state index contributed by atoms with van der Waals surface area (Å²) in [5.74, 6) is 0. The number of rotatable bonds is 4. The first-order valence-electron chi connectivity index (χ1n) is 5.30. The van der Waals surface area contributed by atoms with Gasteiger partial charge >= 0.3 is 0 Å². The Morgan fingerprint density at radius 3 is 1.20 bits per heavy atom. The van der Waals surface area contributed by atoms with Gasteiger partial charge in [0, 0.05) is 0 Å². The first kappa shape index (κ1) is 14.3. The largest absolute Gasteiger partial charge is 0.282 e. The zero-order valence-corrected chi connectivity index (χ0v) is 11.0. The van der Waals surface area contributed by atoms with Crippen molar-refractivity contribution < 1.29 is 0 Å². The van der Waals surface area contributed by atoms with Crippen LogP contribution in [-0.4, -0.2) is 25.8 Å². The van der Waals surface area contributed by atoms with Crippen LogP contribution >= 0.6 is 0 Å². The monoisotopic (exact) mass is 211 g/mol. The molecule has 15 heavy (non-hydrogen) atoms. The van der Waals surface area contributed by atoms with Crippen LogP contribution in [0.5, 0.6) is 0 Å². The van der Waals surface area contributed by atoms with Gasteiger partial charge in [0.2, 0.25) is 0 Å². The van der Waals surface area contributed by atoms with Crippen molar-refractivity contribution in [2.45, 2.75) is 53.9 Å². The smallest absolute Gasteiger partial charge is 0.105 e. The highest BCUT2D eigenvalue weighted by Crippen LogP contribution is 2.25. The van der Waals surface area contributed by atoms with Crippen LogP contribution in [0.3, 0.4) is 0 Å². The summed E-state index contributed by atoms with van der Waals surface area (Å²) in [7, 11) is 0. The van der Waals surface area contributed by atoms with Gasteiger partial charge in [0.25, 0.3) is 0 Å². The first-order valence-corrected chi connectivity index (χ1v) is 5.30. The molecule has 0 saturated heterocycles. The molecule has 2 unspecified atom stereocenters. The molecule has 0 aromatic heterocycles. The molecular weight excluding hydrogens is 186 g/mol. The highest BCUT2D eigenvalue weighted by molar-refractivity contribution is 5.26. The van der Waals surface area contributed by atoms with Crippen molar-refractivity contribution >= 4 is 13.4 Å². The number of aliphatic imine (C=N–C) groups is 2. The molecule has 1 N–H and O–H groups in total. The zero-order chi connectivity index (χ0) is 12.3. The topological polar surface area (TPSA) is 36.8 Å². The van der Waals surface area contributed by atoms with E-state index in [0.29, 0.717) is 0 Å². The van der Waals surface area contributed by atoms with Gasteiger partial charge in [-0.2, -0.15) is 0 Å². The Bertz CT molecular complexity index is 196. The van der Waals surface area contributed by atoms with Gasteiger partial charge in [-0.15, -0.1) is 0 Å². The van der Waals surface area contributed by atoms with Crippen LogP contribution < -0.4 is 5.32 Å². The number of hydrogen-bond donors (Lipinski definition) is 1. The minimum absolute atomic E-state index is 0.00720. The first-order chi connectivity index (χ1) is 6.62. The van der Waals surface area contributed by atoms with E-state index in [1.165, 1.54) is 0 Å². The summed E-state index contributed by atoms with van der Waals surface area (Å²) >= 11 is 0. The third kappa shape index (κ3) is 4.56. The maximum absolute atomic E-state index is 4.11. The minimum Gasteiger partial charge on any atom is -0.282 e. The third-order valence-electron chi connectivity index (χ3n) is 2.32. The molecule has 0 heterocycles. The summed E-state index contributed by atoms with van der Waals surface area (Å²) in [6, 6.07) is 0. The lowest BCUT2D eigenvalue weighted by Crippen LogP contribution is -2.48. The van der Waals surface area contributed by atoms with Crippen molar-refractivity contribution in [3.05, 3.63) is 0 Å². The van der Waals surface area contributed by atoms with Crippen LogP contribution in [0.25, 0.3) is 0 Å². The van der Waals surface area contributed by atoms with E-state index in [0.717, 1.165) is 0 Å². The summed E-state index contributed by atoms with van der Waals surface area (Å²) in [5, 5.41) is 3.38. The number of hydrogen-bond acceptors (Lipinski definition) is 3. The molecule has 0 fully saturated rings. The molecule has 0 rings (SSSR count). The van der Waals surface area contributed by atoms with E-state index >= 15 is 0 Å².